The Balaban J connectivity index is 1.72. The van der Waals surface area contributed by atoms with Crippen molar-refractivity contribution in [1.82, 2.24) is 19.5 Å². The standard InChI is InChI=1S/C27H25ClF2N4O2/c1-15-10-23(36-14-17-6-7-19(29)12-20(17)30)24(28)25(35)34(15)22-11-18(13-32-16(22)2)21-8-9-31-26(33-21)27(3,4)5/h6-13H,14H2,1-5H3. The monoisotopic (exact) mass is 510 g/mol. The number of ether oxygens (including phenoxy) is 1. The highest BCUT2D eigenvalue weighted by Gasteiger charge is 2.20. The van der Waals surface area contributed by atoms with E-state index in [0.717, 1.165) is 17.7 Å². The molecule has 0 aliphatic rings. The molecule has 4 rings (SSSR count). The highest BCUT2D eigenvalue weighted by molar-refractivity contribution is 6.31. The van der Waals surface area contributed by atoms with Crippen LogP contribution >= 0.6 is 11.6 Å². The van der Waals surface area contributed by atoms with Gasteiger partial charge in [-0.2, -0.15) is 0 Å². The van der Waals surface area contributed by atoms with Crippen molar-refractivity contribution < 1.29 is 13.5 Å². The third kappa shape index (κ3) is 5.14. The van der Waals surface area contributed by atoms with Gasteiger partial charge in [-0.3, -0.25) is 14.3 Å². The fourth-order valence-corrected chi connectivity index (χ4v) is 3.84. The Morgan fingerprint density at radius 2 is 1.81 bits per heavy atom. The summed E-state index contributed by atoms with van der Waals surface area (Å²) in [6.07, 6.45) is 3.40. The first-order chi connectivity index (χ1) is 17.0. The Morgan fingerprint density at radius 1 is 1.06 bits per heavy atom. The number of aromatic nitrogens is 4. The molecule has 3 aromatic heterocycles. The number of rotatable bonds is 5. The van der Waals surface area contributed by atoms with Crippen LogP contribution in [0.5, 0.6) is 5.75 Å². The maximum atomic E-state index is 14.0. The average Bonchev–Trinajstić information content (AvgIpc) is 2.82. The number of hydrogen-bond donors (Lipinski definition) is 0. The maximum absolute atomic E-state index is 14.0. The predicted octanol–water partition coefficient (Wildman–Crippen LogP) is 6.11. The van der Waals surface area contributed by atoms with Gasteiger partial charge < -0.3 is 4.74 Å². The third-order valence-electron chi connectivity index (χ3n) is 5.62. The summed E-state index contributed by atoms with van der Waals surface area (Å²) >= 11 is 6.38. The summed E-state index contributed by atoms with van der Waals surface area (Å²) in [5, 5.41) is -0.162. The molecule has 0 aliphatic carbocycles. The average molecular weight is 511 g/mol. The van der Waals surface area contributed by atoms with E-state index in [2.05, 4.69) is 15.0 Å². The molecule has 0 aliphatic heterocycles. The lowest BCUT2D eigenvalue weighted by atomic mass is 9.95. The van der Waals surface area contributed by atoms with Crippen molar-refractivity contribution in [2.24, 2.45) is 0 Å². The zero-order valence-electron chi connectivity index (χ0n) is 20.6. The molecule has 0 atom stereocenters. The van der Waals surface area contributed by atoms with Crippen LogP contribution in [0, 0.1) is 25.5 Å². The molecule has 9 heteroatoms. The third-order valence-corrected chi connectivity index (χ3v) is 5.97. The fourth-order valence-electron chi connectivity index (χ4n) is 3.65. The number of halogens is 3. The Kier molecular flexibility index (Phi) is 6.91. The first-order valence-electron chi connectivity index (χ1n) is 11.3. The molecule has 0 N–H and O–H groups in total. The van der Waals surface area contributed by atoms with Crippen molar-refractivity contribution in [1.29, 1.82) is 0 Å². The van der Waals surface area contributed by atoms with Crippen molar-refractivity contribution in [2.75, 3.05) is 0 Å². The maximum Gasteiger partial charge on any atom is 0.277 e. The summed E-state index contributed by atoms with van der Waals surface area (Å²) < 4.78 is 34.2. The second kappa shape index (κ2) is 9.78. The van der Waals surface area contributed by atoms with Crippen molar-refractivity contribution in [3.8, 4) is 22.7 Å². The van der Waals surface area contributed by atoms with Crippen molar-refractivity contribution in [3.05, 3.63) is 98.6 Å². The Hall–Kier alpha value is -3.65. The molecule has 4 aromatic rings. The van der Waals surface area contributed by atoms with Gasteiger partial charge >= 0.3 is 0 Å². The summed E-state index contributed by atoms with van der Waals surface area (Å²) in [5.41, 5.74) is 2.51. The molecule has 0 amide bonds. The summed E-state index contributed by atoms with van der Waals surface area (Å²) in [7, 11) is 0. The predicted molar refractivity (Wildman–Crippen MR) is 135 cm³/mol. The van der Waals surface area contributed by atoms with Gasteiger partial charge in [0.15, 0.2) is 0 Å². The molecule has 0 fully saturated rings. The first kappa shape index (κ1) is 25.4. The topological polar surface area (TPSA) is 69.9 Å². The number of benzene rings is 1. The van der Waals surface area contributed by atoms with Crippen LogP contribution in [0.2, 0.25) is 5.02 Å². The van der Waals surface area contributed by atoms with E-state index in [9.17, 15) is 13.6 Å². The second-order valence-corrected chi connectivity index (χ2v) is 9.85. The SMILES string of the molecule is Cc1ncc(-c2ccnc(C(C)(C)C)n2)cc1-n1c(C)cc(OCc2ccc(F)cc2F)c(Cl)c1=O. The summed E-state index contributed by atoms with van der Waals surface area (Å²) in [5.74, 6) is -0.631. The molecule has 0 saturated heterocycles. The number of hydrogen-bond acceptors (Lipinski definition) is 5. The largest absolute Gasteiger partial charge is 0.487 e. The molecule has 1 aromatic carbocycles. The van der Waals surface area contributed by atoms with E-state index in [1.165, 1.54) is 10.6 Å². The van der Waals surface area contributed by atoms with Crippen LogP contribution in [0.3, 0.4) is 0 Å². The lowest BCUT2D eigenvalue weighted by Crippen LogP contribution is -2.23. The summed E-state index contributed by atoms with van der Waals surface area (Å²) in [6.45, 7) is 9.41. The first-order valence-corrected chi connectivity index (χ1v) is 11.6. The van der Waals surface area contributed by atoms with Gasteiger partial charge in [-0.05, 0) is 38.1 Å². The molecule has 36 heavy (non-hydrogen) atoms. The molecule has 3 heterocycles. The highest BCUT2D eigenvalue weighted by Crippen LogP contribution is 2.28. The minimum absolute atomic E-state index is 0.103. The van der Waals surface area contributed by atoms with Crippen LogP contribution in [0.15, 0.2) is 53.6 Å². The van der Waals surface area contributed by atoms with Crippen molar-refractivity contribution in [3.63, 3.8) is 0 Å². The number of nitrogens with zero attached hydrogens (tertiary/aromatic N) is 4. The lowest BCUT2D eigenvalue weighted by molar-refractivity contribution is 0.298. The molecule has 6 nitrogen and oxygen atoms in total. The fraction of sp³-hybridized carbons (Fsp3) is 0.259. The molecule has 0 unspecified atom stereocenters. The van der Waals surface area contributed by atoms with Crippen LogP contribution in [0.25, 0.3) is 16.9 Å². The van der Waals surface area contributed by atoms with Gasteiger partial charge in [-0.15, -0.1) is 0 Å². The molecular weight excluding hydrogens is 486 g/mol. The summed E-state index contributed by atoms with van der Waals surface area (Å²) in [6, 6.07) is 8.41. The van der Waals surface area contributed by atoms with Crippen LogP contribution in [-0.4, -0.2) is 19.5 Å². The number of aryl methyl sites for hydroxylation is 2. The molecular formula is C27H25ClF2N4O2. The molecule has 0 saturated carbocycles. The van der Waals surface area contributed by atoms with E-state index >= 15 is 0 Å². The second-order valence-electron chi connectivity index (χ2n) is 9.47. The minimum Gasteiger partial charge on any atom is -0.487 e. The van der Waals surface area contributed by atoms with Crippen LogP contribution in [0.1, 0.15) is 43.5 Å². The summed E-state index contributed by atoms with van der Waals surface area (Å²) in [4.78, 5) is 26.8. The molecule has 186 valence electrons. The molecule has 0 radical (unpaired) electrons. The van der Waals surface area contributed by atoms with Gasteiger partial charge in [0.2, 0.25) is 0 Å². The smallest absolute Gasteiger partial charge is 0.277 e. The molecule has 0 spiro atoms. The van der Waals surface area contributed by atoms with Gasteiger partial charge in [0.1, 0.15) is 34.8 Å². The van der Waals surface area contributed by atoms with E-state index in [1.807, 2.05) is 26.8 Å². The Labute approximate surface area is 212 Å². The van der Waals surface area contributed by atoms with Gasteiger partial charge in [-0.25, -0.2) is 18.7 Å². The van der Waals surface area contributed by atoms with Crippen LogP contribution in [0.4, 0.5) is 8.78 Å². The quantitative estimate of drug-likeness (QED) is 0.324. The van der Waals surface area contributed by atoms with E-state index in [-0.39, 0.29) is 28.4 Å². The zero-order valence-corrected chi connectivity index (χ0v) is 21.3. The van der Waals surface area contributed by atoms with Gasteiger partial charge in [0, 0.05) is 46.8 Å². The Bertz CT molecular complexity index is 1510. The Morgan fingerprint density at radius 3 is 2.50 bits per heavy atom. The van der Waals surface area contributed by atoms with Gasteiger partial charge in [-0.1, -0.05) is 32.4 Å². The van der Waals surface area contributed by atoms with Gasteiger partial charge in [0.05, 0.1) is 17.1 Å². The van der Waals surface area contributed by atoms with Crippen molar-refractivity contribution >= 4 is 11.6 Å². The van der Waals surface area contributed by atoms with Crippen molar-refractivity contribution in [2.45, 2.75) is 46.6 Å². The minimum atomic E-state index is -0.742. The highest BCUT2D eigenvalue weighted by atomic mass is 35.5. The molecule has 0 bridgehead atoms. The van der Waals surface area contributed by atoms with E-state index in [0.29, 0.717) is 28.6 Å². The van der Waals surface area contributed by atoms with E-state index < -0.39 is 17.2 Å². The zero-order chi connectivity index (χ0) is 26.2. The normalized spacial score (nSPS) is 11.6. The van der Waals surface area contributed by atoms with E-state index in [4.69, 9.17) is 16.3 Å². The van der Waals surface area contributed by atoms with Crippen LogP contribution < -0.4 is 10.3 Å². The van der Waals surface area contributed by atoms with Crippen LogP contribution in [-0.2, 0) is 12.0 Å². The number of pyridine rings is 2. The van der Waals surface area contributed by atoms with E-state index in [1.54, 1.807) is 38.4 Å². The van der Waals surface area contributed by atoms with Gasteiger partial charge in [0.25, 0.3) is 5.56 Å². The lowest BCUT2D eigenvalue weighted by Gasteiger charge is -2.18.